The SMILES string of the molecule is CC(C)C(C)(C#N)NC(=O)COc1ccc(CN)cc1. The van der Waals surface area contributed by atoms with E-state index in [1.807, 2.05) is 26.0 Å². The fourth-order valence-electron chi connectivity index (χ4n) is 1.50. The van der Waals surface area contributed by atoms with Crippen LogP contribution in [0.1, 0.15) is 26.3 Å². The van der Waals surface area contributed by atoms with Crippen LogP contribution >= 0.6 is 0 Å². The number of nitrogens with zero attached hydrogens (tertiary/aromatic N) is 1. The van der Waals surface area contributed by atoms with Crippen molar-refractivity contribution in [3.8, 4) is 11.8 Å². The topological polar surface area (TPSA) is 88.1 Å². The van der Waals surface area contributed by atoms with Gasteiger partial charge >= 0.3 is 0 Å². The van der Waals surface area contributed by atoms with E-state index in [4.69, 9.17) is 15.7 Å². The lowest BCUT2D eigenvalue weighted by Gasteiger charge is -2.27. The van der Waals surface area contributed by atoms with Gasteiger partial charge in [0.25, 0.3) is 5.91 Å². The number of nitriles is 1. The fourth-order valence-corrected chi connectivity index (χ4v) is 1.50. The lowest BCUT2D eigenvalue weighted by molar-refractivity contribution is -0.124. The van der Waals surface area contributed by atoms with E-state index >= 15 is 0 Å². The number of nitrogens with two attached hydrogens (primary N) is 1. The number of amides is 1. The number of ether oxygens (including phenoxy) is 1. The number of carbonyl (C=O) groups excluding carboxylic acids is 1. The summed E-state index contributed by atoms with van der Waals surface area (Å²) in [5.74, 6) is 0.298. The van der Waals surface area contributed by atoms with Crippen LogP contribution in [0.4, 0.5) is 0 Å². The lowest BCUT2D eigenvalue weighted by atomic mass is 9.90. The summed E-state index contributed by atoms with van der Waals surface area (Å²) < 4.78 is 5.38. The molecular weight excluding hydrogens is 254 g/mol. The van der Waals surface area contributed by atoms with Crippen molar-refractivity contribution in [2.45, 2.75) is 32.9 Å². The van der Waals surface area contributed by atoms with Gasteiger partial charge in [-0.15, -0.1) is 0 Å². The Kier molecular flexibility index (Phi) is 5.53. The number of carbonyl (C=O) groups is 1. The molecule has 1 amide bonds. The molecule has 0 saturated heterocycles. The molecule has 0 aliphatic heterocycles. The van der Waals surface area contributed by atoms with Crippen molar-refractivity contribution in [1.82, 2.24) is 5.32 Å². The van der Waals surface area contributed by atoms with Crippen LogP contribution in [0.5, 0.6) is 5.75 Å². The van der Waals surface area contributed by atoms with Gasteiger partial charge in [0.2, 0.25) is 0 Å². The number of benzene rings is 1. The molecule has 0 aliphatic rings. The van der Waals surface area contributed by atoms with E-state index in [0.29, 0.717) is 12.3 Å². The maximum Gasteiger partial charge on any atom is 0.259 e. The summed E-state index contributed by atoms with van der Waals surface area (Å²) in [6.07, 6.45) is 0. The summed E-state index contributed by atoms with van der Waals surface area (Å²) in [4.78, 5) is 11.8. The zero-order valence-corrected chi connectivity index (χ0v) is 12.1. The summed E-state index contributed by atoms with van der Waals surface area (Å²) in [5, 5.41) is 11.8. The Bertz CT molecular complexity index is 491. The third-order valence-corrected chi connectivity index (χ3v) is 3.32. The minimum Gasteiger partial charge on any atom is -0.484 e. The average molecular weight is 275 g/mol. The van der Waals surface area contributed by atoms with Gasteiger partial charge in [-0.1, -0.05) is 26.0 Å². The summed E-state index contributed by atoms with van der Waals surface area (Å²) in [5.41, 5.74) is 5.61. The maximum absolute atomic E-state index is 11.8. The summed E-state index contributed by atoms with van der Waals surface area (Å²) >= 11 is 0. The first-order valence-corrected chi connectivity index (χ1v) is 6.55. The molecule has 20 heavy (non-hydrogen) atoms. The van der Waals surface area contributed by atoms with Crippen LogP contribution in [0.2, 0.25) is 0 Å². The maximum atomic E-state index is 11.8. The molecule has 3 N–H and O–H groups in total. The number of rotatable bonds is 6. The van der Waals surface area contributed by atoms with Crippen molar-refractivity contribution in [2.75, 3.05) is 6.61 Å². The Labute approximate surface area is 119 Å². The van der Waals surface area contributed by atoms with Gasteiger partial charge in [-0.2, -0.15) is 5.26 Å². The fraction of sp³-hybridized carbons (Fsp3) is 0.467. The van der Waals surface area contributed by atoms with Gasteiger partial charge in [-0.25, -0.2) is 0 Å². The molecule has 1 unspecified atom stereocenters. The zero-order valence-electron chi connectivity index (χ0n) is 12.1. The van der Waals surface area contributed by atoms with E-state index in [0.717, 1.165) is 5.56 Å². The Morgan fingerprint density at radius 2 is 2.05 bits per heavy atom. The van der Waals surface area contributed by atoms with Crippen LogP contribution in [0.25, 0.3) is 0 Å². The third kappa shape index (κ3) is 4.25. The highest BCUT2D eigenvalue weighted by Crippen LogP contribution is 2.15. The first kappa shape index (κ1) is 16.0. The third-order valence-electron chi connectivity index (χ3n) is 3.32. The monoisotopic (exact) mass is 275 g/mol. The van der Waals surface area contributed by atoms with Crippen molar-refractivity contribution in [2.24, 2.45) is 11.7 Å². The molecule has 0 heterocycles. The standard InChI is InChI=1S/C15H21N3O2/c1-11(2)15(3,10-17)18-14(19)9-20-13-6-4-12(8-16)5-7-13/h4-7,11H,8-9,16H2,1-3H3,(H,18,19). The van der Waals surface area contributed by atoms with Crippen molar-refractivity contribution >= 4 is 5.91 Å². The molecule has 0 saturated carbocycles. The molecule has 0 fully saturated rings. The quantitative estimate of drug-likeness (QED) is 0.825. The van der Waals surface area contributed by atoms with Crippen LogP contribution in [0.15, 0.2) is 24.3 Å². The van der Waals surface area contributed by atoms with Crippen LogP contribution in [0.3, 0.4) is 0 Å². The smallest absolute Gasteiger partial charge is 0.259 e. The molecular formula is C15H21N3O2. The molecule has 5 heteroatoms. The van der Waals surface area contributed by atoms with E-state index in [1.165, 1.54) is 0 Å². The highest BCUT2D eigenvalue weighted by atomic mass is 16.5. The van der Waals surface area contributed by atoms with Crippen LogP contribution in [0, 0.1) is 17.2 Å². The molecule has 0 radical (unpaired) electrons. The van der Waals surface area contributed by atoms with E-state index in [2.05, 4.69) is 11.4 Å². The predicted octanol–water partition coefficient (Wildman–Crippen LogP) is 1.58. The largest absolute Gasteiger partial charge is 0.484 e. The van der Waals surface area contributed by atoms with E-state index in [-0.39, 0.29) is 18.4 Å². The average Bonchev–Trinajstić information content (AvgIpc) is 2.45. The minimum absolute atomic E-state index is 0.0142. The first-order valence-electron chi connectivity index (χ1n) is 6.55. The van der Waals surface area contributed by atoms with Gasteiger partial charge in [-0.3, -0.25) is 4.79 Å². The molecule has 5 nitrogen and oxygen atoms in total. The van der Waals surface area contributed by atoms with Gasteiger partial charge in [-0.05, 0) is 30.5 Å². The van der Waals surface area contributed by atoms with Gasteiger partial charge < -0.3 is 15.8 Å². The molecule has 1 rings (SSSR count). The minimum atomic E-state index is -0.885. The van der Waals surface area contributed by atoms with Crippen LogP contribution in [-0.2, 0) is 11.3 Å². The Morgan fingerprint density at radius 1 is 1.45 bits per heavy atom. The lowest BCUT2D eigenvalue weighted by Crippen LogP contribution is -2.50. The number of hydrogen-bond acceptors (Lipinski definition) is 4. The van der Waals surface area contributed by atoms with Crippen molar-refractivity contribution in [3.05, 3.63) is 29.8 Å². The predicted molar refractivity (Wildman–Crippen MR) is 76.8 cm³/mol. The normalized spacial score (nSPS) is 13.4. The second-order valence-electron chi connectivity index (χ2n) is 5.15. The first-order chi connectivity index (χ1) is 9.41. The summed E-state index contributed by atoms with van der Waals surface area (Å²) in [6.45, 7) is 5.82. The van der Waals surface area contributed by atoms with Crippen LogP contribution < -0.4 is 15.8 Å². The van der Waals surface area contributed by atoms with Gasteiger partial charge in [0.15, 0.2) is 6.61 Å². The number of hydrogen-bond donors (Lipinski definition) is 2. The summed E-state index contributed by atoms with van der Waals surface area (Å²) in [6, 6.07) is 9.35. The highest BCUT2D eigenvalue weighted by molar-refractivity contribution is 5.78. The Balaban J connectivity index is 2.53. The Hall–Kier alpha value is -2.06. The molecule has 0 bridgehead atoms. The van der Waals surface area contributed by atoms with Crippen LogP contribution in [-0.4, -0.2) is 18.1 Å². The van der Waals surface area contributed by atoms with Gasteiger partial charge in [0.05, 0.1) is 6.07 Å². The molecule has 1 atom stereocenters. The van der Waals surface area contributed by atoms with Crippen molar-refractivity contribution < 1.29 is 9.53 Å². The second-order valence-corrected chi connectivity index (χ2v) is 5.15. The molecule has 1 aromatic rings. The second kappa shape index (κ2) is 6.92. The zero-order chi connectivity index (χ0) is 15.2. The molecule has 0 aliphatic carbocycles. The van der Waals surface area contributed by atoms with Crippen molar-refractivity contribution in [3.63, 3.8) is 0 Å². The van der Waals surface area contributed by atoms with Gasteiger partial charge in [0.1, 0.15) is 11.3 Å². The van der Waals surface area contributed by atoms with Crippen molar-refractivity contribution in [1.29, 1.82) is 5.26 Å². The van der Waals surface area contributed by atoms with Gasteiger partial charge in [0, 0.05) is 6.54 Å². The summed E-state index contributed by atoms with van der Waals surface area (Å²) in [7, 11) is 0. The molecule has 108 valence electrons. The van der Waals surface area contributed by atoms with E-state index in [1.54, 1.807) is 19.1 Å². The number of nitrogens with one attached hydrogen (secondary N) is 1. The van der Waals surface area contributed by atoms with E-state index < -0.39 is 5.54 Å². The Morgan fingerprint density at radius 3 is 2.50 bits per heavy atom. The molecule has 0 aromatic heterocycles. The van der Waals surface area contributed by atoms with E-state index in [9.17, 15) is 4.79 Å². The molecule has 1 aromatic carbocycles. The molecule has 0 spiro atoms. The highest BCUT2D eigenvalue weighted by Gasteiger charge is 2.29.